The van der Waals surface area contributed by atoms with Crippen molar-refractivity contribution in [3.63, 3.8) is 0 Å². The lowest BCUT2D eigenvalue weighted by Gasteiger charge is -2.36. The Bertz CT molecular complexity index is 520. The van der Waals surface area contributed by atoms with Gasteiger partial charge in [0.1, 0.15) is 6.04 Å². The third-order valence-electron chi connectivity index (χ3n) is 4.02. The van der Waals surface area contributed by atoms with Gasteiger partial charge < -0.3 is 10.2 Å². The van der Waals surface area contributed by atoms with E-state index in [1.54, 1.807) is 16.2 Å². The van der Waals surface area contributed by atoms with Crippen molar-refractivity contribution in [1.29, 1.82) is 0 Å². The molecule has 0 radical (unpaired) electrons. The minimum atomic E-state index is -0.294. The summed E-state index contributed by atoms with van der Waals surface area (Å²) < 4.78 is 0. The Morgan fingerprint density at radius 2 is 2.13 bits per heavy atom. The highest BCUT2D eigenvalue weighted by molar-refractivity contribution is 7.09. The Hall–Kier alpha value is -1.36. The summed E-state index contributed by atoms with van der Waals surface area (Å²) in [6, 6.07) is 3.85. The molecule has 1 unspecified atom stereocenters. The molecule has 1 atom stereocenters. The number of hydrogen-bond donors (Lipinski definition) is 1. The van der Waals surface area contributed by atoms with Crippen LogP contribution in [-0.2, 0) is 16.0 Å². The number of carbonyl (C=O) groups excluding carboxylic acids is 2. The Labute approximate surface area is 143 Å². The van der Waals surface area contributed by atoms with Crippen molar-refractivity contribution in [1.82, 2.24) is 10.2 Å². The molecule has 23 heavy (non-hydrogen) atoms. The zero-order chi connectivity index (χ0) is 16.9. The van der Waals surface area contributed by atoms with Crippen LogP contribution in [0.3, 0.4) is 0 Å². The fourth-order valence-corrected chi connectivity index (χ4v) is 3.72. The normalized spacial score (nSPS) is 18.7. The molecule has 0 saturated carbocycles. The van der Waals surface area contributed by atoms with E-state index in [4.69, 9.17) is 0 Å². The van der Waals surface area contributed by atoms with Crippen molar-refractivity contribution < 1.29 is 9.59 Å². The molecule has 2 rings (SSSR count). The van der Waals surface area contributed by atoms with E-state index in [0.29, 0.717) is 13.0 Å². The smallest absolute Gasteiger partial charge is 0.243 e. The number of aryl methyl sites for hydroxylation is 1. The highest BCUT2D eigenvalue weighted by Crippen LogP contribution is 2.20. The molecule has 0 bridgehead atoms. The van der Waals surface area contributed by atoms with Crippen LogP contribution < -0.4 is 5.32 Å². The lowest BCUT2D eigenvalue weighted by atomic mass is 9.99. The topological polar surface area (TPSA) is 49.4 Å². The van der Waals surface area contributed by atoms with Crippen molar-refractivity contribution in [3.8, 4) is 0 Å². The largest absolute Gasteiger partial charge is 0.350 e. The number of likely N-dealkylation sites (tertiary alicyclic amines) is 1. The summed E-state index contributed by atoms with van der Waals surface area (Å²) >= 11 is 1.73. The first-order valence-corrected chi connectivity index (χ1v) is 9.39. The Kier molecular flexibility index (Phi) is 6.22. The number of nitrogens with zero attached hydrogens (tertiary/aromatic N) is 1. The standard InChI is InChI=1S/C18H28N2O2S/c1-18(2,3)19-17(22)15-10-4-5-12-20(15)16(21)11-6-8-14-9-7-13-23-14/h7,9,13,15H,4-6,8,10-12H2,1-3H3,(H,19,22). The Morgan fingerprint density at radius 3 is 2.78 bits per heavy atom. The molecule has 1 aromatic heterocycles. The second kappa shape index (κ2) is 7.95. The van der Waals surface area contributed by atoms with Gasteiger partial charge in [-0.05, 0) is 64.3 Å². The lowest BCUT2D eigenvalue weighted by molar-refractivity contribution is -0.143. The van der Waals surface area contributed by atoms with Crippen molar-refractivity contribution in [2.24, 2.45) is 0 Å². The number of nitrogens with one attached hydrogen (secondary N) is 1. The van der Waals surface area contributed by atoms with Crippen LogP contribution in [-0.4, -0.2) is 34.8 Å². The average molecular weight is 337 g/mol. The molecular weight excluding hydrogens is 308 g/mol. The van der Waals surface area contributed by atoms with Gasteiger partial charge in [-0.1, -0.05) is 6.07 Å². The van der Waals surface area contributed by atoms with E-state index < -0.39 is 0 Å². The maximum absolute atomic E-state index is 12.6. The zero-order valence-electron chi connectivity index (χ0n) is 14.4. The number of thiophene rings is 1. The van der Waals surface area contributed by atoms with Crippen molar-refractivity contribution in [2.45, 2.75) is 70.9 Å². The van der Waals surface area contributed by atoms with Crippen LogP contribution in [0.2, 0.25) is 0 Å². The maximum atomic E-state index is 12.6. The number of amides is 2. The number of hydrogen-bond acceptors (Lipinski definition) is 3. The number of carbonyl (C=O) groups is 2. The third kappa shape index (κ3) is 5.65. The van der Waals surface area contributed by atoms with E-state index in [9.17, 15) is 9.59 Å². The van der Waals surface area contributed by atoms with Crippen molar-refractivity contribution in [2.75, 3.05) is 6.54 Å². The third-order valence-corrected chi connectivity index (χ3v) is 4.95. The summed E-state index contributed by atoms with van der Waals surface area (Å²) in [4.78, 5) is 28.2. The Morgan fingerprint density at radius 1 is 1.35 bits per heavy atom. The highest BCUT2D eigenvalue weighted by Gasteiger charge is 2.33. The van der Waals surface area contributed by atoms with Gasteiger partial charge in [-0.15, -0.1) is 11.3 Å². The van der Waals surface area contributed by atoms with Crippen LogP contribution in [0.4, 0.5) is 0 Å². The summed E-state index contributed by atoms with van der Waals surface area (Å²) in [5, 5.41) is 5.09. The molecule has 5 heteroatoms. The summed E-state index contributed by atoms with van der Waals surface area (Å²) in [5.41, 5.74) is -0.261. The minimum Gasteiger partial charge on any atom is -0.350 e. The van der Waals surface area contributed by atoms with Crippen molar-refractivity contribution in [3.05, 3.63) is 22.4 Å². The van der Waals surface area contributed by atoms with Gasteiger partial charge >= 0.3 is 0 Å². The van der Waals surface area contributed by atoms with E-state index in [-0.39, 0.29) is 23.4 Å². The summed E-state index contributed by atoms with van der Waals surface area (Å²) in [7, 11) is 0. The SMILES string of the molecule is CC(C)(C)NC(=O)C1CCCCN1C(=O)CCCc1cccs1. The van der Waals surface area contributed by atoms with Crippen LogP contribution in [0.15, 0.2) is 17.5 Å². The van der Waals surface area contributed by atoms with Crippen molar-refractivity contribution >= 4 is 23.2 Å². The van der Waals surface area contributed by atoms with E-state index in [2.05, 4.69) is 16.8 Å². The molecule has 0 spiro atoms. The first-order valence-electron chi connectivity index (χ1n) is 8.51. The van der Waals surface area contributed by atoms with Crippen LogP contribution in [0.5, 0.6) is 0 Å². The molecule has 1 aromatic rings. The van der Waals surface area contributed by atoms with E-state index in [0.717, 1.165) is 32.1 Å². The minimum absolute atomic E-state index is 0.0104. The van der Waals surface area contributed by atoms with Gasteiger partial charge in [0.15, 0.2) is 0 Å². The van der Waals surface area contributed by atoms with Crippen LogP contribution >= 0.6 is 11.3 Å². The van der Waals surface area contributed by atoms with Gasteiger partial charge in [0.05, 0.1) is 0 Å². The monoisotopic (exact) mass is 336 g/mol. The molecule has 1 N–H and O–H groups in total. The zero-order valence-corrected chi connectivity index (χ0v) is 15.2. The second-order valence-electron chi connectivity index (χ2n) is 7.27. The predicted molar refractivity (Wildman–Crippen MR) is 94.5 cm³/mol. The van der Waals surface area contributed by atoms with Crippen LogP contribution in [0.25, 0.3) is 0 Å². The van der Waals surface area contributed by atoms with Gasteiger partial charge in [0, 0.05) is 23.4 Å². The van der Waals surface area contributed by atoms with Gasteiger partial charge in [-0.25, -0.2) is 0 Å². The summed E-state index contributed by atoms with van der Waals surface area (Å²) in [6.45, 7) is 6.63. The number of rotatable bonds is 5. The van der Waals surface area contributed by atoms with Crippen LogP contribution in [0.1, 0.15) is 57.8 Å². The van der Waals surface area contributed by atoms with Gasteiger partial charge in [-0.2, -0.15) is 0 Å². The molecule has 128 valence electrons. The molecule has 4 nitrogen and oxygen atoms in total. The first kappa shape index (κ1) is 18.0. The lowest BCUT2D eigenvalue weighted by Crippen LogP contribution is -2.55. The van der Waals surface area contributed by atoms with E-state index in [1.165, 1.54) is 4.88 Å². The molecule has 1 saturated heterocycles. The van der Waals surface area contributed by atoms with Gasteiger partial charge in [0.25, 0.3) is 0 Å². The second-order valence-corrected chi connectivity index (χ2v) is 8.30. The summed E-state index contributed by atoms with van der Waals surface area (Å²) in [5.74, 6) is 0.110. The summed E-state index contributed by atoms with van der Waals surface area (Å²) in [6.07, 6.45) is 5.10. The number of piperidine rings is 1. The molecule has 1 fully saturated rings. The maximum Gasteiger partial charge on any atom is 0.243 e. The molecular formula is C18H28N2O2S. The predicted octanol–water partition coefficient (Wildman–Crippen LogP) is 3.37. The van der Waals surface area contributed by atoms with E-state index in [1.807, 2.05) is 26.8 Å². The molecule has 1 aliphatic rings. The molecule has 2 heterocycles. The molecule has 0 aliphatic carbocycles. The average Bonchev–Trinajstić information content (AvgIpc) is 2.98. The molecule has 1 aliphatic heterocycles. The molecule has 2 amide bonds. The van der Waals surface area contributed by atoms with Gasteiger partial charge in [0.2, 0.25) is 11.8 Å². The fraction of sp³-hybridized carbons (Fsp3) is 0.667. The van der Waals surface area contributed by atoms with E-state index >= 15 is 0 Å². The van der Waals surface area contributed by atoms with Gasteiger partial charge in [-0.3, -0.25) is 9.59 Å². The molecule has 0 aromatic carbocycles. The fourth-order valence-electron chi connectivity index (χ4n) is 2.97. The Balaban J connectivity index is 1.88. The van der Waals surface area contributed by atoms with Crippen LogP contribution in [0, 0.1) is 0 Å². The highest BCUT2D eigenvalue weighted by atomic mass is 32.1. The quantitative estimate of drug-likeness (QED) is 0.896. The first-order chi connectivity index (χ1) is 10.9.